The molecule has 5 aliphatic carbocycles. The fourth-order valence-corrected chi connectivity index (χ4v) is 13.6. The number of hydrogen-bond acceptors (Lipinski definition) is 2. The fraction of sp³-hybridized carbons (Fsp3) is 0.206. The van der Waals surface area contributed by atoms with E-state index in [1.165, 1.54) is 112 Å². The van der Waals surface area contributed by atoms with Crippen molar-refractivity contribution in [1.82, 2.24) is 0 Å². The number of para-hydroxylation sites is 1. The van der Waals surface area contributed by atoms with Gasteiger partial charge in [-0.25, -0.2) is 0 Å². The van der Waals surface area contributed by atoms with Crippen molar-refractivity contribution < 1.29 is 0 Å². The standard InChI is InChI=1S/C63H53NS/c1-4-17-41(18-5-1)45-33-36-60-56(37-45)57-40-47(42-19-6-2-7-20-42)39-54(63(57)65-60)46-32-35-59-55(38-46)49-25-14-15-30-58(49)64(59)48-24-16-23-44(31-34-48)62-52-28-12-10-26-50(52)61(43-21-8-3-9-22-43)51-27-11-13-29-53(51)62/h1,3-4,6,8-15,17,19-22,25-33,35-36,38-40,45,48,55,59H,2,5,7,16,18,23-24,34,37H2. The van der Waals surface area contributed by atoms with Crippen molar-refractivity contribution >= 4 is 71.5 Å². The van der Waals surface area contributed by atoms with Crippen LogP contribution in [0, 0.1) is 5.92 Å². The largest absolute Gasteiger partial charge is 0.361 e. The van der Waals surface area contributed by atoms with Gasteiger partial charge in [-0.05, 0) is 165 Å². The molecular weight excluding hydrogens is 803 g/mol. The molecule has 0 N–H and O–H groups in total. The second-order valence-corrected chi connectivity index (χ2v) is 20.1. The summed E-state index contributed by atoms with van der Waals surface area (Å²) in [6.07, 6.45) is 39.5. The van der Waals surface area contributed by atoms with Gasteiger partial charge in [0.1, 0.15) is 0 Å². The Hall–Kier alpha value is -6.48. The third kappa shape index (κ3) is 6.63. The topological polar surface area (TPSA) is 3.24 Å². The zero-order valence-electron chi connectivity index (χ0n) is 36.9. The van der Waals surface area contributed by atoms with E-state index in [9.17, 15) is 0 Å². The number of rotatable bonds is 6. The maximum absolute atomic E-state index is 2.82. The molecule has 6 aliphatic rings. The molecular formula is C63H53NS. The van der Waals surface area contributed by atoms with Crippen LogP contribution >= 0.6 is 11.3 Å². The lowest BCUT2D eigenvalue weighted by atomic mass is 9.82. The third-order valence-corrected chi connectivity index (χ3v) is 16.7. The van der Waals surface area contributed by atoms with Crippen molar-refractivity contribution in [3.63, 3.8) is 0 Å². The Morgan fingerprint density at radius 1 is 0.615 bits per heavy atom. The summed E-state index contributed by atoms with van der Waals surface area (Å²) in [6, 6.07) is 44.4. The molecule has 1 aliphatic heterocycles. The van der Waals surface area contributed by atoms with E-state index < -0.39 is 0 Å². The molecule has 0 amide bonds. The first kappa shape index (κ1) is 38.9. The minimum Gasteiger partial charge on any atom is -0.361 e. The molecule has 0 spiro atoms. The molecule has 7 aromatic rings. The Morgan fingerprint density at radius 2 is 1.40 bits per heavy atom. The van der Waals surface area contributed by atoms with Crippen molar-refractivity contribution in [3.8, 4) is 11.1 Å². The third-order valence-electron chi connectivity index (χ3n) is 15.4. The van der Waals surface area contributed by atoms with Crippen molar-refractivity contribution in [2.24, 2.45) is 5.92 Å². The lowest BCUT2D eigenvalue weighted by molar-refractivity contribution is 0.517. The van der Waals surface area contributed by atoms with Crippen LogP contribution in [0.3, 0.4) is 0 Å². The highest BCUT2D eigenvalue weighted by atomic mass is 32.1. The van der Waals surface area contributed by atoms with Gasteiger partial charge in [0.2, 0.25) is 0 Å². The molecule has 13 rings (SSSR count). The van der Waals surface area contributed by atoms with Gasteiger partial charge in [0, 0.05) is 33.1 Å². The quantitative estimate of drug-likeness (QED) is 0.151. The minimum absolute atomic E-state index is 0.295. The van der Waals surface area contributed by atoms with Crippen molar-refractivity contribution in [1.29, 1.82) is 0 Å². The van der Waals surface area contributed by atoms with Gasteiger partial charge < -0.3 is 4.90 Å². The summed E-state index contributed by atoms with van der Waals surface area (Å²) >= 11 is 2.01. The zero-order valence-corrected chi connectivity index (χ0v) is 37.7. The molecule has 4 atom stereocenters. The Balaban J connectivity index is 0.870. The van der Waals surface area contributed by atoms with Gasteiger partial charge in [-0.2, -0.15) is 0 Å². The summed E-state index contributed by atoms with van der Waals surface area (Å²) in [5, 5.41) is 6.87. The monoisotopic (exact) mass is 855 g/mol. The zero-order chi connectivity index (χ0) is 42.8. The van der Waals surface area contributed by atoms with E-state index in [-0.39, 0.29) is 0 Å². The molecule has 0 bridgehead atoms. The van der Waals surface area contributed by atoms with Crippen molar-refractivity contribution in [2.45, 2.75) is 75.8 Å². The van der Waals surface area contributed by atoms with Crippen LogP contribution in [0.25, 0.3) is 65.6 Å². The highest BCUT2D eigenvalue weighted by Gasteiger charge is 2.41. The normalized spacial score (nSPS) is 22.3. The molecule has 2 heteroatoms. The predicted octanol–water partition coefficient (Wildman–Crippen LogP) is 17.0. The average molecular weight is 856 g/mol. The molecule has 2 heterocycles. The van der Waals surface area contributed by atoms with Crippen LogP contribution in [-0.2, 0) is 6.42 Å². The number of allylic oxidation sites excluding steroid dienone is 12. The summed E-state index contributed by atoms with van der Waals surface area (Å²) in [5.74, 6) is 0.782. The van der Waals surface area contributed by atoms with Crippen LogP contribution < -0.4 is 4.90 Å². The molecule has 65 heavy (non-hydrogen) atoms. The highest BCUT2D eigenvalue weighted by Crippen LogP contribution is 2.51. The molecule has 0 fully saturated rings. The van der Waals surface area contributed by atoms with E-state index >= 15 is 0 Å². The molecule has 1 nitrogen and oxygen atoms in total. The van der Waals surface area contributed by atoms with Crippen molar-refractivity contribution in [2.75, 3.05) is 4.90 Å². The number of hydrogen-bond donors (Lipinski definition) is 0. The van der Waals surface area contributed by atoms with Crippen LogP contribution in [0.15, 0.2) is 188 Å². The second kappa shape index (κ2) is 16.2. The smallest absolute Gasteiger partial charge is 0.0584 e. The number of thiophene rings is 1. The average Bonchev–Trinajstić information content (AvgIpc) is 3.80. The van der Waals surface area contributed by atoms with Gasteiger partial charge in [0.15, 0.2) is 0 Å². The van der Waals surface area contributed by atoms with Crippen LogP contribution in [0.2, 0.25) is 0 Å². The predicted molar refractivity (Wildman–Crippen MR) is 281 cm³/mol. The van der Waals surface area contributed by atoms with Gasteiger partial charge in [-0.15, -0.1) is 11.3 Å². The fourth-order valence-electron chi connectivity index (χ4n) is 12.4. The van der Waals surface area contributed by atoms with Crippen LogP contribution in [0.1, 0.15) is 90.0 Å². The van der Waals surface area contributed by atoms with Crippen LogP contribution in [0.5, 0.6) is 0 Å². The number of benzene rings is 6. The lowest BCUT2D eigenvalue weighted by Gasteiger charge is -2.36. The molecule has 0 saturated carbocycles. The molecule has 6 aromatic carbocycles. The molecule has 316 valence electrons. The van der Waals surface area contributed by atoms with Crippen LogP contribution in [0.4, 0.5) is 5.69 Å². The Bertz CT molecular complexity index is 3260. The molecule has 4 unspecified atom stereocenters. The SMILES string of the molecule is C1=CCCC(C2C=Cc3sc4c(C5=CC6c7ccccc7N(C7CC=C(c8c9ccccc9c(-c9ccccc9)c9ccccc89)CCC7)C6C=C5)cc(C5=CCCC=C5)cc4c3C2)=C1. The van der Waals surface area contributed by atoms with Crippen molar-refractivity contribution in [3.05, 3.63) is 220 Å². The second-order valence-electron chi connectivity index (χ2n) is 19.0. The summed E-state index contributed by atoms with van der Waals surface area (Å²) < 4.78 is 1.44. The molecule has 0 saturated heterocycles. The number of anilines is 1. The first-order chi connectivity index (χ1) is 32.2. The van der Waals surface area contributed by atoms with Gasteiger partial charge in [0.05, 0.1) is 6.04 Å². The van der Waals surface area contributed by atoms with Gasteiger partial charge in [0.25, 0.3) is 0 Å². The number of nitrogens with zero attached hydrogens (tertiary/aromatic N) is 1. The highest BCUT2D eigenvalue weighted by molar-refractivity contribution is 7.20. The Kier molecular flexibility index (Phi) is 9.70. The van der Waals surface area contributed by atoms with E-state index in [2.05, 4.69) is 193 Å². The summed E-state index contributed by atoms with van der Waals surface area (Å²) in [4.78, 5) is 4.27. The Labute approximate surface area is 387 Å². The summed E-state index contributed by atoms with van der Waals surface area (Å²) in [5.41, 5.74) is 17.1. The maximum atomic E-state index is 2.82. The minimum atomic E-state index is 0.295. The first-order valence-corrected chi connectivity index (χ1v) is 25.0. The summed E-state index contributed by atoms with van der Waals surface area (Å²) in [7, 11) is 0. The van der Waals surface area contributed by atoms with E-state index in [0.29, 0.717) is 23.9 Å². The van der Waals surface area contributed by atoms with Gasteiger partial charge in [-0.3, -0.25) is 0 Å². The first-order valence-electron chi connectivity index (χ1n) is 24.2. The van der Waals surface area contributed by atoms with Gasteiger partial charge >= 0.3 is 0 Å². The van der Waals surface area contributed by atoms with E-state index in [4.69, 9.17) is 0 Å². The lowest BCUT2D eigenvalue weighted by Crippen LogP contribution is -2.41. The maximum Gasteiger partial charge on any atom is 0.0584 e. The van der Waals surface area contributed by atoms with Crippen LogP contribution in [-0.4, -0.2) is 12.1 Å². The molecule has 1 aromatic heterocycles. The summed E-state index contributed by atoms with van der Waals surface area (Å²) in [6.45, 7) is 0. The number of fused-ring (bicyclic) bond motifs is 8. The molecule has 0 radical (unpaired) electrons. The van der Waals surface area contributed by atoms with E-state index in [0.717, 1.165) is 38.5 Å². The Morgan fingerprint density at radius 3 is 2.18 bits per heavy atom. The van der Waals surface area contributed by atoms with E-state index in [1.54, 1.807) is 11.1 Å². The van der Waals surface area contributed by atoms with E-state index in [1.807, 2.05) is 11.3 Å². The van der Waals surface area contributed by atoms with Gasteiger partial charge in [-0.1, -0.05) is 169 Å².